The van der Waals surface area contributed by atoms with Crippen molar-refractivity contribution in [2.75, 3.05) is 23.8 Å². The van der Waals surface area contributed by atoms with Crippen molar-refractivity contribution in [2.24, 2.45) is 5.92 Å². The van der Waals surface area contributed by atoms with Gasteiger partial charge in [0, 0.05) is 35.4 Å². The van der Waals surface area contributed by atoms with Crippen LogP contribution in [0.15, 0.2) is 41.3 Å². The van der Waals surface area contributed by atoms with Crippen molar-refractivity contribution in [3.8, 4) is 0 Å². The average molecular weight is 490 g/mol. The molecule has 2 aromatic carbocycles. The SMILES string of the molecule is Cc1ccc(NC(=O)CN(C)S(=O)(=O)c2ccc3c(c2)CC(C)N3C(=O)C2CCC2)cc1Cl. The Bertz CT molecular complexity index is 1210. The predicted octanol–water partition coefficient (Wildman–Crippen LogP) is 3.99. The molecule has 1 fully saturated rings. The summed E-state index contributed by atoms with van der Waals surface area (Å²) in [6.45, 7) is 3.50. The van der Waals surface area contributed by atoms with Crippen LogP contribution in [0.5, 0.6) is 0 Å². The maximum absolute atomic E-state index is 13.1. The number of rotatable bonds is 6. The van der Waals surface area contributed by atoms with E-state index in [1.54, 1.807) is 30.3 Å². The molecule has 176 valence electrons. The third-order valence-electron chi connectivity index (χ3n) is 6.49. The van der Waals surface area contributed by atoms with Crippen LogP contribution in [0.1, 0.15) is 37.3 Å². The minimum Gasteiger partial charge on any atom is -0.325 e. The summed E-state index contributed by atoms with van der Waals surface area (Å²) in [7, 11) is -2.51. The summed E-state index contributed by atoms with van der Waals surface area (Å²) in [6, 6.07) is 9.97. The van der Waals surface area contributed by atoms with Gasteiger partial charge in [0.1, 0.15) is 0 Å². The highest BCUT2D eigenvalue weighted by Gasteiger charge is 2.37. The normalized spacial score (nSPS) is 18.2. The first-order valence-electron chi connectivity index (χ1n) is 11.1. The summed E-state index contributed by atoms with van der Waals surface area (Å²) >= 11 is 6.09. The van der Waals surface area contributed by atoms with Crippen molar-refractivity contribution < 1.29 is 18.0 Å². The molecule has 0 spiro atoms. The monoisotopic (exact) mass is 489 g/mol. The topological polar surface area (TPSA) is 86.8 Å². The molecule has 2 aromatic rings. The largest absolute Gasteiger partial charge is 0.325 e. The van der Waals surface area contributed by atoms with E-state index in [9.17, 15) is 18.0 Å². The fourth-order valence-electron chi connectivity index (χ4n) is 4.29. The van der Waals surface area contributed by atoms with Gasteiger partial charge in [-0.2, -0.15) is 4.31 Å². The van der Waals surface area contributed by atoms with Crippen molar-refractivity contribution in [3.63, 3.8) is 0 Å². The molecule has 2 aliphatic rings. The zero-order valence-electron chi connectivity index (χ0n) is 19.0. The minimum absolute atomic E-state index is 0.00380. The van der Waals surface area contributed by atoms with Crippen LogP contribution in [0.4, 0.5) is 11.4 Å². The fraction of sp³-hybridized carbons (Fsp3) is 0.417. The summed E-state index contributed by atoms with van der Waals surface area (Å²) < 4.78 is 27.3. The van der Waals surface area contributed by atoms with Gasteiger partial charge in [-0.15, -0.1) is 0 Å². The molecule has 0 bridgehead atoms. The molecule has 0 radical (unpaired) electrons. The van der Waals surface area contributed by atoms with Gasteiger partial charge in [-0.05, 0) is 74.6 Å². The highest BCUT2D eigenvalue weighted by atomic mass is 35.5. The van der Waals surface area contributed by atoms with Crippen LogP contribution >= 0.6 is 11.6 Å². The number of nitrogens with zero attached hydrogens (tertiary/aromatic N) is 2. The summed E-state index contributed by atoms with van der Waals surface area (Å²) in [5, 5.41) is 3.20. The second kappa shape index (κ2) is 9.08. The van der Waals surface area contributed by atoms with Crippen LogP contribution in [0.25, 0.3) is 0 Å². The van der Waals surface area contributed by atoms with E-state index in [-0.39, 0.29) is 29.3 Å². The Morgan fingerprint density at radius 1 is 1.18 bits per heavy atom. The Balaban J connectivity index is 1.48. The van der Waals surface area contributed by atoms with Crippen LogP contribution in [-0.2, 0) is 26.0 Å². The number of benzene rings is 2. The van der Waals surface area contributed by atoms with Crippen LogP contribution < -0.4 is 10.2 Å². The standard InChI is InChI=1S/C24H28ClN3O4S/c1-15-7-8-19(13-21(15)25)26-23(29)14-27(3)33(31,32)20-9-10-22-18(12-20)11-16(2)28(22)24(30)17-5-4-6-17/h7-10,12-13,16-17H,4-6,11,14H2,1-3H3,(H,26,29). The number of fused-ring (bicyclic) bond motifs is 1. The molecule has 9 heteroatoms. The summed E-state index contributed by atoms with van der Waals surface area (Å²) in [4.78, 5) is 27.2. The Labute approximate surface area is 199 Å². The maximum Gasteiger partial charge on any atom is 0.243 e. The molecular formula is C24H28ClN3O4S. The van der Waals surface area contributed by atoms with Gasteiger partial charge in [0.05, 0.1) is 11.4 Å². The summed E-state index contributed by atoms with van der Waals surface area (Å²) in [6.07, 6.45) is 3.53. The number of carbonyl (C=O) groups is 2. The van der Waals surface area contributed by atoms with Gasteiger partial charge in [0.25, 0.3) is 0 Å². The third-order valence-corrected chi connectivity index (χ3v) is 8.70. The molecule has 1 aliphatic heterocycles. The van der Waals surface area contributed by atoms with Crippen LogP contribution in [0.2, 0.25) is 5.02 Å². The third kappa shape index (κ3) is 4.65. The van der Waals surface area contributed by atoms with E-state index in [0.29, 0.717) is 17.1 Å². The molecule has 1 saturated carbocycles. The Kier molecular flexibility index (Phi) is 6.53. The van der Waals surface area contributed by atoms with E-state index in [4.69, 9.17) is 11.6 Å². The Morgan fingerprint density at radius 2 is 1.91 bits per heavy atom. The quantitative estimate of drug-likeness (QED) is 0.664. The maximum atomic E-state index is 13.1. The van der Waals surface area contributed by atoms with Gasteiger partial charge >= 0.3 is 0 Å². The first kappa shape index (κ1) is 23.7. The second-order valence-electron chi connectivity index (χ2n) is 8.95. The van der Waals surface area contributed by atoms with Crippen molar-refractivity contribution in [1.29, 1.82) is 0 Å². The Morgan fingerprint density at radius 3 is 2.55 bits per heavy atom. The molecule has 33 heavy (non-hydrogen) atoms. The number of amides is 2. The van der Waals surface area contributed by atoms with Crippen molar-refractivity contribution >= 4 is 44.8 Å². The number of hydrogen-bond donors (Lipinski definition) is 1. The van der Waals surface area contributed by atoms with Gasteiger partial charge in [-0.1, -0.05) is 24.1 Å². The Hall–Kier alpha value is -2.42. The number of carbonyl (C=O) groups excluding carboxylic acids is 2. The lowest BCUT2D eigenvalue weighted by Crippen LogP contribution is -2.42. The van der Waals surface area contributed by atoms with Crippen LogP contribution in [0, 0.1) is 12.8 Å². The summed E-state index contributed by atoms with van der Waals surface area (Å²) in [5.41, 5.74) is 3.01. The van der Waals surface area contributed by atoms with E-state index >= 15 is 0 Å². The lowest BCUT2D eigenvalue weighted by Gasteiger charge is -2.32. The van der Waals surface area contributed by atoms with Crippen molar-refractivity contribution in [1.82, 2.24) is 4.31 Å². The lowest BCUT2D eigenvalue weighted by molar-refractivity contribution is -0.125. The van der Waals surface area contributed by atoms with Crippen molar-refractivity contribution in [2.45, 2.75) is 50.5 Å². The highest BCUT2D eigenvalue weighted by molar-refractivity contribution is 7.89. The van der Waals surface area contributed by atoms with E-state index in [0.717, 1.165) is 40.4 Å². The molecule has 1 heterocycles. The zero-order chi connectivity index (χ0) is 23.9. The molecule has 2 amide bonds. The van der Waals surface area contributed by atoms with Gasteiger partial charge in [-0.25, -0.2) is 8.42 Å². The number of nitrogens with one attached hydrogen (secondary N) is 1. The number of hydrogen-bond acceptors (Lipinski definition) is 4. The van der Waals surface area contributed by atoms with Gasteiger partial charge in [0.15, 0.2) is 0 Å². The molecule has 1 unspecified atom stereocenters. The van der Waals surface area contributed by atoms with Gasteiger partial charge in [0.2, 0.25) is 21.8 Å². The van der Waals surface area contributed by atoms with E-state index in [2.05, 4.69) is 5.32 Å². The number of anilines is 2. The van der Waals surface area contributed by atoms with E-state index < -0.39 is 15.9 Å². The number of likely N-dealkylation sites (N-methyl/N-ethyl adjacent to an activating group) is 1. The second-order valence-corrected chi connectivity index (χ2v) is 11.4. The van der Waals surface area contributed by atoms with Gasteiger partial charge < -0.3 is 10.2 Å². The first-order chi connectivity index (χ1) is 15.6. The average Bonchev–Trinajstić information content (AvgIpc) is 3.04. The molecule has 4 rings (SSSR count). The molecule has 7 nitrogen and oxygen atoms in total. The molecular weight excluding hydrogens is 462 g/mol. The number of aryl methyl sites for hydroxylation is 1. The molecule has 1 aliphatic carbocycles. The van der Waals surface area contributed by atoms with E-state index in [1.807, 2.05) is 18.7 Å². The van der Waals surface area contributed by atoms with E-state index in [1.165, 1.54) is 13.1 Å². The van der Waals surface area contributed by atoms with Crippen LogP contribution in [-0.4, -0.2) is 44.2 Å². The molecule has 0 saturated heterocycles. The zero-order valence-corrected chi connectivity index (χ0v) is 20.5. The minimum atomic E-state index is -3.88. The molecule has 0 aromatic heterocycles. The smallest absolute Gasteiger partial charge is 0.243 e. The van der Waals surface area contributed by atoms with Gasteiger partial charge in [-0.3, -0.25) is 9.59 Å². The highest BCUT2D eigenvalue weighted by Crippen LogP contribution is 2.38. The number of halogens is 1. The van der Waals surface area contributed by atoms with Crippen molar-refractivity contribution in [3.05, 3.63) is 52.5 Å². The first-order valence-corrected chi connectivity index (χ1v) is 12.9. The lowest BCUT2D eigenvalue weighted by atomic mass is 9.84. The molecule has 1 atom stereocenters. The molecule has 1 N–H and O–H groups in total. The van der Waals surface area contributed by atoms with Crippen LogP contribution in [0.3, 0.4) is 0 Å². The predicted molar refractivity (Wildman–Crippen MR) is 129 cm³/mol. The summed E-state index contributed by atoms with van der Waals surface area (Å²) in [5.74, 6) is -0.254. The number of sulfonamides is 1. The fourth-order valence-corrected chi connectivity index (χ4v) is 5.65.